The summed E-state index contributed by atoms with van der Waals surface area (Å²) in [7, 11) is 1.92. The Kier molecular flexibility index (Phi) is 3.27. The molecule has 0 aromatic carbocycles. The van der Waals surface area contributed by atoms with E-state index in [9.17, 15) is 0 Å². The number of anilines is 2. The van der Waals surface area contributed by atoms with Crippen LogP contribution in [0, 0.1) is 0 Å². The number of thiophene rings is 1. The molecule has 104 valence electrons. The highest BCUT2D eigenvalue weighted by molar-refractivity contribution is 7.18. The average molecular weight is 288 g/mol. The van der Waals surface area contributed by atoms with Crippen LogP contribution in [0.2, 0.25) is 0 Å². The molecule has 0 atom stereocenters. The molecular formula is C13H16N6S. The summed E-state index contributed by atoms with van der Waals surface area (Å²) in [5, 5.41) is 8.50. The van der Waals surface area contributed by atoms with Crippen molar-refractivity contribution in [1.82, 2.24) is 19.7 Å². The highest BCUT2D eigenvalue weighted by Gasteiger charge is 2.10. The molecule has 0 radical (unpaired) electrons. The first-order chi connectivity index (χ1) is 9.67. The number of nitrogens with zero attached hydrogens (tertiary/aromatic N) is 4. The molecule has 0 fully saturated rings. The lowest BCUT2D eigenvalue weighted by Gasteiger charge is -2.07. The minimum Gasteiger partial charge on any atom is -0.368 e. The monoisotopic (exact) mass is 288 g/mol. The molecule has 3 aromatic rings. The predicted octanol–water partition coefficient (Wildman–Crippen LogP) is 2.18. The van der Waals surface area contributed by atoms with Crippen molar-refractivity contribution in [2.75, 3.05) is 11.1 Å². The number of hydrogen-bond acceptors (Lipinski definition) is 6. The van der Waals surface area contributed by atoms with E-state index in [1.807, 2.05) is 17.8 Å². The van der Waals surface area contributed by atoms with E-state index in [1.54, 1.807) is 17.5 Å². The highest BCUT2D eigenvalue weighted by Crippen LogP contribution is 2.30. The molecule has 0 unspecified atom stereocenters. The summed E-state index contributed by atoms with van der Waals surface area (Å²) in [5.41, 5.74) is 6.87. The van der Waals surface area contributed by atoms with E-state index in [1.165, 1.54) is 4.88 Å². The van der Waals surface area contributed by atoms with Crippen molar-refractivity contribution >= 4 is 33.3 Å². The Morgan fingerprint density at radius 1 is 1.40 bits per heavy atom. The van der Waals surface area contributed by atoms with Crippen LogP contribution in [-0.2, 0) is 20.0 Å². The Labute approximate surface area is 120 Å². The second kappa shape index (κ2) is 5.09. The number of nitrogen functional groups attached to an aromatic ring is 1. The Morgan fingerprint density at radius 2 is 2.25 bits per heavy atom. The van der Waals surface area contributed by atoms with E-state index < -0.39 is 0 Å². The zero-order valence-corrected chi connectivity index (χ0v) is 12.2. The van der Waals surface area contributed by atoms with Gasteiger partial charge >= 0.3 is 0 Å². The number of aryl methyl sites for hydroxylation is 2. The zero-order valence-electron chi connectivity index (χ0n) is 11.4. The van der Waals surface area contributed by atoms with Crippen molar-refractivity contribution in [2.24, 2.45) is 7.05 Å². The van der Waals surface area contributed by atoms with E-state index in [2.05, 4.69) is 33.4 Å². The summed E-state index contributed by atoms with van der Waals surface area (Å²) in [4.78, 5) is 10.8. The van der Waals surface area contributed by atoms with Gasteiger partial charge in [-0.05, 0) is 18.6 Å². The standard InChI is InChI=1S/C13H16N6S/c1-3-9-6-10-11(17-13(14)18-12(10)20-9)15-7-8-4-5-16-19(8)2/h4-6H,3,7H2,1-2H3,(H3,14,15,17,18). The molecular weight excluding hydrogens is 272 g/mol. The van der Waals surface area contributed by atoms with Gasteiger partial charge in [-0.25, -0.2) is 4.98 Å². The Morgan fingerprint density at radius 3 is 2.95 bits per heavy atom. The van der Waals surface area contributed by atoms with Crippen molar-refractivity contribution in [2.45, 2.75) is 19.9 Å². The lowest BCUT2D eigenvalue weighted by molar-refractivity contribution is 0.720. The predicted molar refractivity (Wildman–Crippen MR) is 81.7 cm³/mol. The molecule has 20 heavy (non-hydrogen) atoms. The molecule has 7 heteroatoms. The third-order valence-electron chi connectivity index (χ3n) is 3.17. The van der Waals surface area contributed by atoms with Crippen LogP contribution in [0.4, 0.5) is 11.8 Å². The van der Waals surface area contributed by atoms with E-state index in [-0.39, 0.29) is 0 Å². The molecule has 6 nitrogen and oxygen atoms in total. The topological polar surface area (TPSA) is 81.7 Å². The third kappa shape index (κ3) is 2.32. The Balaban J connectivity index is 1.93. The van der Waals surface area contributed by atoms with Crippen LogP contribution in [0.15, 0.2) is 18.3 Å². The molecule has 3 aromatic heterocycles. The first-order valence-corrected chi connectivity index (χ1v) is 7.25. The molecule has 0 spiro atoms. The number of rotatable bonds is 4. The largest absolute Gasteiger partial charge is 0.368 e. The van der Waals surface area contributed by atoms with Crippen molar-refractivity contribution < 1.29 is 0 Å². The summed E-state index contributed by atoms with van der Waals surface area (Å²) in [6.07, 6.45) is 2.77. The zero-order chi connectivity index (χ0) is 14.1. The van der Waals surface area contributed by atoms with Gasteiger partial charge in [0.05, 0.1) is 17.6 Å². The molecule has 3 rings (SSSR count). The number of fused-ring (bicyclic) bond motifs is 1. The number of nitrogens with two attached hydrogens (primary N) is 1. The maximum absolute atomic E-state index is 5.78. The maximum atomic E-state index is 5.78. The summed E-state index contributed by atoms with van der Waals surface area (Å²) >= 11 is 1.66. The van der Waals surface area contributed by atoms with Gasteiger partial charge in [0.1, 0.15) is 10.6 Å². The minimum absolute atomic E-state index is 0.300. The van der Waals surface area contributed by atoms with Gasteiger partial charge in [0, 0.05) is 18.1 Å². The Bertz CT molecular complexity index is 744. The number of hydrogen-bond donors (Lipinski definition) is 2. The van der Waals surface area contributed by atoms with Crippen LogP contribution in [0.5, 0.6) is 0 Å². The van der Waals surface area contributed by atoms with Gasteiger partial charge in [-0.3, -0.25) is 4.68 Å². The van der Waals surface area contributed by atoms with Crippen LogP contribution in [0.1, 0.15) is 17.5 Å². The molecule has 0 saturated heterocycles. The smallest absolute Gasteiger partial charge is 0.223 e. The van der Waals surface area contributed by atoms with Crippen molar-refractivity contribution in [3.05, 3.63) is 28.9 Å². The van der Waals surface area contributed by atoms with Crippen LogP contribution in [0.3, 0.4) is 0 Å². The third-order valence-corrected chi connectivity index (χ3v) is 4.34. The van der Waals surface area contributed by atoms with Crippen LogP contribution < -0.4 is 11.1 Å². The van der Waals surface area contributed by atoms with Crippen LogP contribution in [0.25, 0.3) is 10.2 Å². The molecule has 0 saturated carbocycles. The van der Waals surface area contributed by atoms with E-state index in [0.717, 1.165) is 28.1 Å². The van der Waals surface area contributed by atoms with E-state index in [0.29, 0.717) is 12.5 Å². The molecule has 0 amide bonds. The number of aromatic nitrogens is 4. The first-order valence-electron chi connectivity index (χ1n) is 6.44. The molecule has 3 heterocycles. The van der Waals surface area contributed by atoms with Crippen molar-refractivity contribution in [1.29, 1.82) is 0 Å². The maximum Gasteiger partial charge on any atom is 0.223 e. The van der Waals surface area contributed by atoms with Crippen LogP contribution in [-0.4, -0.2) is 19.7 Å². The van der Waals surface area contributed by atoms with Gasteiger partial charge in [-0.1, -0.05) is 6.92 Å². The fourth-order valence-electron chi connectivity index (χ4n) is 2.05. The van der Waals surface area contributed by atoms with Gasteiger partial charge in [-0.15, -0.1) is 11.3 Å². The van der Waals surface area contributed by atoms with E-state index in [4.69, 9.17) is 5.73 Å². The fourth-order valence-corrected chi connectivity index (χ4v) is 3.02. The summed E-state index contributed by atoms with van der Waals surface area (Å²) in [5.74, 6) is 1.08. The molecule has 0 aliphatic carbocycles. The van der Waals surface area contributed by atoms with Crippen LogP contribution >= 0.6 is 11.3 Å². The molecule has 0 aliphatic rings. The second-order valence-electron chi connectivity index (χ2n) is 4.52. The number of nitrogens with one attached hydrogen (secondary N) is 1. The van der Waals surface area contributed by atoms with Gasteiger partial charge in [-0.2, -0.15) is 10.1 Å². The van der Waals surface area contributed by atoms with Crippen molar-refractivity contribution in [3.8, 4) is 0 Å². The quantitative estimate of drug-likeness (QED) is 0.769. The lowest BCUT2D eigenvalue weighted by atomic mass is 10.3. The van der Waals surface area contributed by atoms with Crippen molar-refractivity contribution in [3.63, 3.8) is 0 Å². The normalized spacial score (nSPS) is 11.1. The summed E-state index contributed by atoms with van der Waals surface area (Å²) < 4.78 is 1.83. The second-order valence-corrected chi connectivity index (χ2v) is 5.63. The molecule has 0 bridgehead atoms. The minimum atomic E-state index is 0.300. The Hall–Kier alpha value is -2.15. The summed E-state index contributed by atoms with van der Waals surface area (Å²) in [6, 6.07) is 4.10. The SMILES string of the molecule is CCc1cc2c(NCc3ccnn3C)nc(N)nc2s1. The molecule has 0 aliphatic heterocycles. The average Bonchev–Trinajstić information content (AvgIpc) is 3.01. The first kappa shape index (κ1) is 12.9. The van der Waals surface area contributed by atoms with Gasteiger partial charge < -0.3 is 11.1 Å². The summed E-state index contributed by atoms with van der Waals surface area (Å²) in [6.45, 7) is 2.78. The van der Waals surface area contributed by atoms with Gasteiger partial charge in [0.2, 0.25) is 5.95 Å². The lowest BCUT2D eigenvalue weighted by Crippen LogP contribution is -2.08. The van der Waals surface area contributed by atoms with Gasteiger partial charge in [0.25, 0.3) is 0 Å². The molecule has 3 N–H and O–H groups in total. The highest BCUT2D eigenvalue weighted by atomic mass is 32.1. The fraction of sp³-hybridized carbons (Fsp3) is 0.308. The van der Waals surface area contributed by atoms with Gasteiger partial charge in [0.15, 0.2) is 0 Å². The van der Waals surface area contributed by atoms with E-state index >= 15 is 0 Å².